The Kier molecular flexibility index (Phi) is 8.39. The molecule has 42 heavy (non-hydrogen) atoms. The Labute approximate surface area is 251 Å². The molecule has 6 rings (SSSR count). The van der Waals surface area contributed by atoms with Crippen molar-refractivity contribution in [3.63, 3.8) is 0 Å². The summed E-state index contributed by atoms with van der Waals surface area (Å²) in [6.45, 7) is 9.94. The standard InChI is InChI=1S/C30H40N8O3S/c1-19(37-11-7-30(8-12-37)14-23-22(26(30)31)5-4-9-34-23)36-27(32)29(33-2)42-24-6-10-35-28-25(24)41-17-21-13-20(15-38(21)28)16-40-18-39-3/h4-6,9-10,20-21,26H,2,7-8,11-18,31-32H2,1,3H3/b29-27+,36-19+/t20-,21?,26+/m0/s1. The Hall–Kier alpha value is -3.19. The van der Waals surface area contributed by atoms with E-state index in [0.717, 1.165) is 73.3 Å². The number of nitrogens with two attached hydrogens (primary N) is 2. The molecule has 2 saturated heterocycles. The second-order valence-corrected chi connectivity index (χ2v) is 12.6. The van der Waals surface area contributed by atoms with Crippen LogP contribution in [0.15, 0.2) is 56.3 Å². The van der Waals surface area contributed by atoms with Crippen LogP contribution in [0, 0.1) is 11.3 Å². The van der Waals surface area contributed by atoms with Crippen LogP contribution in [0.4, 0.5) is 5.82 Å². The minimum Gasteiger partial charge on any atom is -0.486 e. The molecule has 3 aliphatic heterocycles. The molecule has 2 aromatic heterocycles. The summed E-state index contributed by atoms with van der Waals surface area (Å²) in [5.41, 5.74) is 15.6. The first-order chi connectivity index (χ1) is 20.4. The molecule has 1 spiro atoms. The van der Waals surface area contributed by atoms with E-state index in [1.165, 1.54) is 17.3 Å². The molecule has 11 nitrogen and oxygen atoms in total. The van der Waals surface area contributed by atoms with E-state index >= 15 is 0 Å². The van der Waals surface area contributed by atoms with Gasteiger partial charge in [0.1, 0.15) is 24.3 Å². The number of nitrogens with zero attached hydrogens (tertiary/aromatic N) is 6. The molecule has 0 aromatic carbocycles. The van der Waals surface area contributed by atoms with Gasteiger partial charge < -0.3 is 35.5 Å². The van der Waals surface area contributed by atoms with Crippen LogP contribution in [0.5, 0.6) is 5.75 Å². The van der Waals surface area contributed by atoms with Crippen molar-refractivity contribution in [2.45, 2.75) is 49.6 Å². The number of likely N-dealkylation sites (tertiary alicyclic amines) is 1. The fraction of sp³-hybridized carbons (Fsp3) is 0.533. The summed E-state index contributed by atoms with van der Waals surface area (Å²) in [5, 5.41) is 0.536. The van der Waals surface area contributed by atoms with Gasteiger partial charge in [-0.2, -0.15) is 0 Å². The largest absolute Gasteiger partial charge is 0.486 e. The fourth-order valence-corrected chi connectivity index (χ4v) is 7.65. The number of aliphatic imine (C=N–C) groups is 2. The average Bonchev–Trinajstić information content (AvgIpc) is 3.55. The Morgan fingerprint density at radius 1 is 1.26 bits per heavy atom. The van der Waals surface area contributed by atoms with Crippen molar-refractivity contribution in [3.05, 3.63) is 52.7 Å². The predicted octanol–water partition coefficient (Wildman–Crippen LogP) is 3.32. The van der Waals surface area contributed by atoms with Crippen LogP contribution in [0.25, 0.3) is 0 Å². The minimum absolute atomic E-state index is 0.0257. The van der Waals surface area contributed by atoms with E-state index in [0.29, 0.717) is 36.8 Å². The highest BCUT2D eigenvalue weighted by molar-refractivity contribution is 8.03. The zero-order valence-electron chi connectivity index (χ0n) is 24.4. The Balaban J connectivity index is 1.13. The number of fused-ring (bicyclic) bond motifs is 4. The first-order valence-corrected chi connectivity index (χ1v) is 15.3. The number of amidine groups is 1. The molecule has 4 N–H and O–H groups in total. The number of anilines is 1. The molecule has 1 unspecified atom stereocenters. The van der Waals surface area contributed by atoms with E-state index in [-0.39, 0.29) is 17.5 Å². The fourth-order valence-electron chi connectivity index (χ4n) is 6.85. The summed E-state index contributed by atoms with van der Waals surface area (Å²) in [5.74, 6) is 3.18. The summed E-state index contributed by atoms with van der Waals surface area (Å²) >= 11 is 1.40. The molecular formula is C30H40N8O3S. The number of ether oxygens (including phenoxy) is 3. The van der Waals surface area contributed by atoms with Gasteiger partial charge in [0.05, 0.1) is 17.5 Å². The van der Waals surface area contributed by atoms with Crippen molar-refractivity contribution in [1.29, 1.82) is 0 Å². The third-order valence-electron chi connectivity index (χ3n) is 9.11. The monoisotopic (exact) mass is 592 g/mol. The van der Waals surface area contributed by atoms with Crippen LogP contribution in [-0.2, 0) is 15.9 Å². The average molecular weight is 593 g/mol. The molecule has 12 heteroatoms. The zero-order valence-corrected chi connectivity index (χ0v) is 25.2. The van der Waals surface area contributed by atoms with Crippen LogP contribution >= 0.6 is 11.8 Å². The SMILES string of the molecule is C=N/C(Sc1ccnc2c1OCC1C[C@H](COCOC)CN21)=C(N)\N=C(/C)N1CCC2(CC1)Cc1ncccc1[C@H]2N. The van der Waals surface area contributed by atoms with Crippen molar-refractivity contribution >= 4 is 30.1 Å². The lowest BCUT2D eigenvalue weighted by molar-refractivity contribution is -0.0414. The van der Waals surface area contributed by atoms with Gasteiger partial charge in [-0.25, -0.2) is 9.98 Å². The molecule has 4 aliphatic rings. The van der Waals surface area contributed by atoms with Crippen molar-refractivity contribution < 1.29 is 14.2 Å². The molecule has 1 aliphatic carbocycles. The van der Waals surface area contributed by atoms with Gasteiger partial charge in [-0.15, -0.1) is 0 Å². The van der Waals surface area contributed by atoms with E-state index in [1.807, 2.05) is 25.3 Å². The molecule has 224 valence electrons. The molecule has 0 bridgehead atoms. The number of rotatable bonds is 8. The predicted molar refractivity (Wildman–Crippen MR) is 165 cm³/mol. The van der Waals surface area contributed by atoms with Crippen LogP contribution in [0.1, 0.15) is 43.5 Å². The van der Waals surface area contributed by atoms with Crippen molar-refractivity contribution in [3.8, 4) is 5.75 Å². The van der Waals surface area contributed by atoms with Gasteiger partial charge in [0, 0.05) is 56.8 Å². The second-order valence-electron chi connectivity index (χ2n) is 11.6. The van der Waals surface area contributed by atoms with Crippen LogP contribution in [-0.4, -0.2) is 80.2 Å². The maximum atomic E-state index is 6.73. The van der Waals surface area contributed by atoms with Gasteiger partial charge >= 0.3 is 0 Å². The smallest absolute Gasteiger partial charge is 0.175 e. The van der Waals surface area contributed by atoms with Crippen molar-refractivity contribution in [2.75, 3.05) is 51.7 Å². The summed E-state index contributed by atoms with van der Waals surface area (Å²) in [6.07, 6.45) is 7.58. The summed E-state index contributed by atoms with van der Waals surface area (Å²) in [4.78, 5) is 23.8. The minimum atomic E-state index is 0.0257. The van der Waals surface area contributed by atoms with Gasteiger partial charge in [-0.3, -0.25) is 9.98 Å². The Morgan fingerprint density at radius 3 is 2.86 bits per heavy atom. The van der Waals surface area contributed by atoms with Gasteiger partial charge in [0.15, 0.2) is 17.4 Å². The van der Waals surface area contributed by atoms with E-state index in [1.54, 1.807) is 13.3 Å². The highest BCUT2D eigenvalue weighted by Gasteiger charge is 2.46. The third kappa shape index (κ3) is 5.48. The lowest BCUT2D eigenvalue weighted by atomic mass is 9.73. The number of methoxy groups -OCH3 is 1. The number of thioether (sulfide) groups is 1. The number of hydrogen-bond acceptors (Lipinski definition) is 11. The Bertz CT molecular complexity index is 1380. The van der Waals surface area contributed by atoms with Gasteiger partial charge in [0.25, 0.3) is 0 Å². The number of pyridine rings is 2. The molecule has 0 radical (unpaired) electrons. The zero-order chi connectivity index (χ0) is 29.3. The first-order valence-electron chi connectivity index (χ1n) is 14.5. The Morgan fingerprint density at radius 2 is 2.10 bits per heavy atom. The summed E-state index contributed by atoms with van der Waals surface area (Å²) in [7, 11) is 1.64. The quantitative estimate of drug-likeness (QED) is 0.154. The lowest BCUT2D eigenvalue weighted by Gasteiger charge is -2.42. The third-order valence-corrected chi connectivity index (χ3v) is 10.2. The number of aromatic nitrogens is 2. The molecule has 0 saturated carbocycles. The van der Waals surface area contributed by atoms with Gasteiger partial charge in [-0.05, 0) is 62.4 Å². The maximum Gasteiger partial charge on any atom is 0.175 e. The number of piperidine rings is 1. The molecule has 5 heterocycles. The highest BCUT2D eigenvalue weighted by Crippen LogP contribution is 2.50. The normalized spacial score (nSPS) is 25.0. The van der Waals surface area contributed by atoms with Crippen LogP contribution < -0.4 is 21.1 Å². The molecule has 3 atom stereocenters. The van der Waals surface area contributed by atoms with Crippen molar-refractivity contribution in [2.24, 2.45) is 32.8 Å². The molecule has 0 amide bonds. The maximum absolute atomic E-state index is 6.73. The topological polar surface area (TPSA) is 137 Å². The van der Waals surface area contributed by atoms with E-state index in [9.17, 15) is 0 Å². The van der Waals surface area contributed by atoms with Gasteiger partial charge in [0.2, 0.25) is 0 Å². The van der Waals surface area contributed by atoms with Crippen LogP contribution in [0.3, 0.4) is 0 Å². The number of hydrogen-bond donors (Lipinski definition) is 2. The molecular weight excluding hydrogens is 552 g/mol. The first kappa shape index (κ1) is 28.9. The second kappa shape index (κ2) is 12.2. The van der Waals surface area contributed by atoms with Crippen LogP contribution in [0.2, 0.25) is 0 Å². The van der Waals surface area contributed by atoms with E-state index in [4.69, 9.17) is 30.7 Å². The van der Waals surface area contributed by atoms with Gasteiger partial charge in [-0.1, -0.05) is 17.8 Å². The summed E-state index contributed by atoms with van der Waals surface area (Å²) in [6, 6.07) is 6.33. The molecule has 2 fully saturated rings. The van der Waals surface area contributed by atoms with Crippen molar-refractivity contribution in [1.82, 2.24) is 14.9 Å². The molecule has 2 aromatic rings. The van der Waals surface area contributed by atoms with E-state index < -0.39 is 0 Å². The highest BCUT2D eigenvalue weighted by atomic mass is 32.2. The van der Waals surface area contributed by atoms with E-state index in [2.05, 4.69) is 37.5 Å². The lowest BCUT2D eigenvalue weighted by Crippen LogP contribution is -2.46. The summed E-state index contributed by atoms with van der Waals surface area (Å²) < 4.78 is 16.9.